The molecule has 2 aromatic rings. The maximum atomic E-state index is 4.80. The van der Waals surface area contributed by atoms with E-state index in [-0.39, 0.29) is 0 Å². The third kappa shape index (κ3) is 1.78. The lowest BCUT2D eigenvalue weighted by molar-refractivity contribution is 0.623. The normalized spacial score (nSPS) is 20.0. The Morgan fingerprint density at radius 3 is 3.06 bits per heavy atom. The Bertz CT molecular complexity index is 523. The Balaban J connectivity index is 2.12. The first-order valence-electron chi connectivity index (χ1n) is 6.14. The van der Waals surface area contributed by atoms with Crippen molar-refractivity contribution in [2.24, 2.45) is 0 Å². The number of hydrogen-bond acceptors (Lipinski definition) is 3. The van der Waals surface area contributed by atoms with E-state index in [4.69, 9.17) is 4.98 Å². The molecule has 1 saturated heterocycles. The number of hydrogen-bond donors (Lipinski definition) is 1. The molecule has 4 nitrogen and oxygen atoms in total. The molecule has 1 aliphatic rings. The first-order chi connectivity index (χ1) is 8.25. The first kappa shape index (κ1) is 10.6. The first-order valence-corrected chi connectivity index (χ1v) is 6.14. The van der Waals surface area contributed by atoms with E-state index in [2.05, 4.69) is 39.1 Å². The Hall–Kier alpha value is -1.55. The fraction of sp³-hybridized carbons (Fsp3) is 0.462. The van der Waals surface area contributed by atoms with Crippen LogP contribution in [0.2, 0.25) is 0 Å². The van der Waals surface area contributed by atoms with Gasteiger partial charge in [-0.25, -0.2) is 4.98 Å². The number of anilines is 1. The van der Waals surface area contributed by atoms with Crippen LogP contribution in [0.4, 0.5) is 5.82 Å². The minimum absolute atomic E-state index is 0.417. The topological polar surface area (TPSA) is 32.6 Å². The average molecular weight is 230 g/mol. The van der Waals surface area contributed by atoms with Gasteiger partial charge in [-0.3, -0.25) is 0 Å². The molecule has 0 bridgehead atoms. The molecule has 17 heavy (non-hydrogen) atoms. The van der Waals surface area contributed by atoms with E-state index in [1.54, 1.807) is 0 Å². The van der Waals surface area contributed by atoms with Crippen molar-refractivity contribution >= 4 is 11.3 Å². The molecule has 1 N–H and O–H groups in total. The van der Waals surface area contributed by atoms with Crippen LogP contribution in [0, 0.1) is 0 Å². The fourth-order valence-corrected chi connectivity index (χ4v) is 2.48. The molecule has 1 unspecified atom stereocenters. The predicted molar refractivity (Wildman–Crippen MR) is 69.5 cm³/mol. The van der Waals surface area contributed by atoms with Gasteiger partial charge < -0.3 is 14.6 Å². The summed E-state index contributed by atoms with van der Waals surface area (Å²) in [5, 5.41) is 3.50. The maximum Gasteiger partial charge on any atom is 0.152 e. The molecule has 1 fully saturated rings. The molecule has 1 atom stereocenters. The van der Waals surface area contributed by atoms with Gasteiger partial charge in [0.15, 0.2) is 5.82 Å². The van der Waals surface area contributed by atoms with Crippen LogP contribution in [0.25, 0.3) is 5.52 Å². The smallest absolute Gasteiger partial charge is 0.152 e. The molecule has 1 aliphatic heterocycles. The fourth-order valence-electron chi connectivity index (χ4n) is 2.48. The van der Waals surface area contributed by atoms with E-state index >= 15 is 0 Å². The van der Waals surface area contributed by atoms with Crippen molar-refractivity contribution in [2.45, 2.75) is 18.9 Å². The summed E-state index contributed by atoms with van der Waals surface area (Å²) in [6.45, 7) is 1.10. The highest BCUT2D eigenvalue weighted by Crippen LogP contribution is 2.25. The SMILES string of the molecule is CN(C)c1nc(C2CCCN2)cn2cccc12. The van der Waals surface area contributed by atoms with Gasteiger partial charge in [-0.05, 0) is 31.5 Å². The number of nitrogens with zero attached hydrogens (tertiary/aromatic N) is 3. The van der Waals surface area contributed by atoms with Crippen LogP contribution in [0.15, 0.2) is 24.5 Å². The van der Waals surface area contributed by atoms with Crippen molar-refractivity contribution in [2.75, 3.05) is 25.5 Å². The van der Waals surface area contributed by atoms with E-state index in [1.807, 2.05) is 14.1 Å². The zero-order chi connectivity index (χ0) is 11.8. The molecular weight excluding hydrogens is 212 g/mol. The van der Waals surface area contributed by atoms with Crippen LogP contribution < -0.4 is 10.2 Å². The van der Waals surface area contributed by atoms with Crippen LogP contribution >= 0.6 is 0 Å². The monoisotopic (exact) mass is 230 g/mol. The van der Waals surface area contributed by atoms with Crippen LogP contribution in [0.3, 0.4) is 0 Å². The maximum absolute atomic E-state index is 4.80. The summed E-state index contributed by atoms with van der Waals surface area (Å²) in [5.41, 5.74) is 2.31. The summed E-state index contributed by atoms with van der Waals surface area (Å²) in [6.07, 6.45) is 6.66. The highest BCUT2D eigenvalue weighted by molar-refractivity contribution is 5.69. The summed E-state index contributed by atoms with van der Waals surface area (Å²) >= 11 is 0. The molecule has 90 valence electrons. The zero-order valence-corrected chi connectivity index (χ0v) is 10.3. The lowest BCUT2D eigenvalue weighted by Gasteiger charge is -2.17. The van der Waals surface area contributed by atoms with Gasteiger partial charge in [-0.2, -0.15) is 0 Å². The van der Waals surface area contributed by atoms with Gasteiger partial charge in [-0.15, -0.1) is 0 Å². The standard InChI is InChI=1S/C13H18N4/c1-16(2)13-12-6-4-8-17(12)9-11(15-13)10-5-3-7-14-10/h4,6,8-10,14H,3,5,7H2,1-2H3. The van der Waals surface area contributed by atoms with Crippen LogP contribution in [-0.2, 0) is 0 Å². The molecule has 0 radical (unpaired) electrons. The van der Waals surface area contributed by atoms with Crippen molar-refractivity contribution in [3.63, 3.8) is 0 Å². The van der Waals surface area contributed by atoms with Gasteiger partial charge in [0.05, 0.1) is 17.3 Å². The van der Waals surface area contributed by atoms with E-state index in [0.717, 1.165) is 23.6 Å². The molecule has 0 spiro atoms. The molecule has 2 aromatic heterocycles. The Kier molecular flexibility index (Phi) is 2.52. The Labute approximate surface area is 101 Å². The molecule has 0 aliphatic carbocycles. The average Bonchev–Trinajstić information content (AvgIpc) is 2.98. The van der Waals surface area contributed by atoms with Crippen molar-refractivity contribution in [1.29, 1.82) is 0 Å². The van der Waals surface area contributed by atoms with Crippen molar-refractivity contribution < 1.29 is 0 Å². The minimum Gasteiger partial charge on any atom is -0.361 e. The summed E-state index contributed by atoms with van der Waals surface area (Å²) in [7, 11) is 4.09. The molecule has 0 amide bonds. The molecular formula is C13H18N4. The van der Waals surface area contributed by atoms with Gasteiger partial charge in [0, 0.05) is 26.5 Å². The van der Waals surface area contributed by atoms with Gasteiger partial charge in [0.1, 0.15) is 0 Å². The van der Waals surface area contributed by atoms with Crippen LogP contribution in [-0.4, -0.2) is 30.0 Å². The molecule has 4 heteroatoms. The quantitative estimate of drug-likeness (QED) is 0.854. The van der Waals surface area contributed by atoms with Gasteiger partial charge >= 0.3 is 0 Å². The van der Waals surface area contributed by atoms with Gasteiger partial charge in [-0.1, -0.05) is 0 Å². The van der Waals surface area contributed by atoms with Crippen LogP contribution in [0.5, 0.6) is 0 Å². The van der Waals surface area contributed by atoms with E-state index < -0.39 is 0 Å². The highest BCUT2D eigenvalue weighted by atomic mass is 15.2. The zero-order valence-electron chi connectivity index (χ0n) is 10.3. The number of nitrogens with one attached hydrogen (secondary N) is 1. The summed E-state index contributed by atoms with van der Waals surface area (Å²) in [5.74, 6) is 1.04. The summed E-state index contributed by atoms with van der Waals surface area (Å²) in [4.78, 5) is 6.87. The lowest BCUT2D eigenvalue weighted by atomic mass is 10.2. The molecule has 3 rings (SSSR count). The summed E-state index contributed by atoms with van der Waals surface area (Å²) < 4.78 is 2.16. The third-order valence-electron chi connectivity index (χ3n) is 3.36. The Morgan fingerprint density at radius 1 is 1.47 bits per heavy atom. The second kappa shape index (κ2) is 4.04. The van der Waals surface area contributed by atoms with Gasteiger partial charge in [0.25, 0.3) is 0 Å². The highest BCUT2D eigenvalue weighted by Gasteiger charge is 2.19. The van der Waals surface area contributed by atoms with Crippen molar-refractivity contribution in [1.82, 2.24) is 14.7 Å². The lowest BCUT2D eigenvalue weighted by Crippen LogP contribution is -2.18. The van der Waals surface area contributed by atoms with E-state index in [1.165, 1.54) is 12.8 Å². The molecule has 3 heterocycles. The molecule has 0 saturated carbocycles. The van der Waals surface area contributed by atoms with Gasteiger partial charge in [0.2, 0.25) is 0 Å². The molecule has 0 aromatic carbocycles. The van der Waals surface area contributed by atoms with E-state index in [9.17, 15) is 0 Å². The second-order valence-corrected chi connectivity index (χ2v) is 4.83. The number of rotatable bonds is 2. The predicted octanol–water partition coefficient (Wildman–Crippen LogP) is 1.82. The van der Waals surface area contributed by atoms with E-state index in [0.29, 0.717) is 6.04 Å². The van der Waals surface area contributed by atoms with Crippen LogP contribution in [0.1, 0.15) is 24.6 Å². The number of aromatic nitrogens is 2. The summed E-state index contributed by atoms with van der Waals surface area (Å²) in [6, 6.07) is 4.59. The third-order valence-corrected chi connectivity index (χ3v) is 3.36. The second-order valence-electron chi connectivity index (χ2n) is 4.83. The van der Waals surface area contributed by atoms with Crippen molar-refractivity contribution in [3.05, 3.63) is 30.2 Å². The minimum atomic E-state index is 0.417. The Morgan fingerprint density at radius 2 is 2.35 bits per heavy atom. The number of fused-ring (bicyclic) bond motifs is 1. The van der Waals surface area contributed by atoms with Crippen molar-refractivity contribution in [3.8, 4) is 0 Å². The largest absolute Gasteiger partial charge is 0.361 e.